The van der Waals surface area contributed by atoms with E-state index in [1.54, 1.807) is 18.5 Å². The van der Waals surface area contributed by atoms with Crippen LogP contribution < -0.4 is 10.6 Å². The van der Waals surface area contributed by atoms with E-state index in [0.717, 1.165) is 12.0 Å². The second kappa shape index (κ2) is 6.60. The van der Waals surface area contributed by atoms with Gasteiger partial charge < -0.3 is 10.6 Å². The lowest BCUT2D eigenvalue weighted by molar-refractivity contribution is 0.249. The molecular formula is C18H21N3O. The van der Waals surface area contributed by atoms with Crippen molar-refractivity contribution in [3.63, 3.8) is 0 Å². The number of aryl methyl sites for hydroxylation is 2. The van der Waals surface area contributed by atoms with Crippen LogP contribution in [-0.4, -0.2) is 11.0 Å². The topological polar surface area (TPSA) is 54.0 Å². The Morgan fingerprint density at radius 3 is 2.77 bits per heavy atom. The summed E-state index contributed by atoms with van der Waals surface area (Å²) in [5.41, 5.74) is 4.74. The lowest BCUT2D eigenvalue weighted by atomic mass is 9.89. The minimum Gasteiger partial charge on any atom is -0.331 e. The maximum Gasteiger partial charge on any atom is 0.319 e. The number of aromatic nitrogens is 1. The van der Waals surface area contributed by atoms with Gasteiger partial charge in [0.25, 0.3) is 0 Å². The number of hydrogen-bond acceptors (Lipinski definition) is 2. The summed E-state index contributed by atoms with van der Waals surface area (Å²) in [7, 11) is 0. The molecule has 1 heterocycles. The zero-order valence-corrected chi connectivity index (χ0v) is 12.8. The van der Waals surface area contributed by atoms with Crippen LogP contribution >= 0.6 is 0 Å². The van der Waals surface area contributed by atoms with Gasteiger partial charge in [-0.25, -0.2) is 4.79 Å². The van der Waals surface area contributed by atoms with Crippen molar-refractivity contribution in [2.24, 2.45) is 0 Å². The number of benzene rings is 1. The summed E-state index contributed by atoms with van der Waals surface area (Å²) in [6.45, 7) is 2.01. The Labute approximate surface area is 131 Å². The molecule has 1 unspecified atom stereocenters. The third-order valence-electron chi connectivity index (χ3n) is 4.14. The van der Waals surface area contributed by atoms with Gasteiger partial charge in [0.1, 0.15) is 0 Å². The highest BCUT2D eigenvalue weighted by atomic mass is 16.2. The van der Waals surface area contributed by atoms with Crippen molar-refractivity contribution >= 4 is 11.7 Å². The molecule has 4 nitrogen and oxygen atoms in total. The zero-order chi connectivity index (χ0) is 15.4. The summed E-state index contributed by atoms with van der Waals surface area (Å²) in [6, 6.07) is 9.95. The molecule has 1 aliphatic carbocycles. The Bertz CT molecular complexity index is 655. The molecule has 1 aromatic carbocycles. The standard InChI is InChI=1S/C18H21N3O/c1-13(20-18(22)21-17-7-4-10-19-12-17)15-9-8-14-5-2-3-6-16(14)11-15/h4,7-13H,2-3,5-6H2,1H3,(H2,20,21,22). The Balaban J connectivity index is 1.64. The number of nitrogens with zero attached hydrogens (tertiary/aromatic N) is 1. The van der Waals surface area contributed by atoms with E-state index >= 15 is 0 Å². The molecule has 0 saturated carbocycles. The molecule has 2 N–H and O–H groups in total. The molecule has 0 radical (unpaired) electrons. The summed E-state index contributed by atoms with van der Waals surface area (Å²) in [5.74, 6) is 0. The van der Waals surface area contributed by atoms with Crippen LogP contribution in [0.15, 0.2) is 42.7 Å². The van der Waals surface area contributed by atoms with Gasteiger partial charge in [-0.3, -0.25) is 4.98 Å². The van der Waals surface area contributed by atoms with E-state index < -0.39 is 0 Å². The van der Waals surface area contributed by atoms with Crippen molar-refractivity contribution in [2.75, 3.05) is 5.32 Å². The highest BCUT2D eigenvalue weighted by Gasteiger charge is 2.14. The molecule has 3 rings (SSSR count). The van der Waals surface area contributed by atoms with E-state index in [1.165, 1.54) is 30.4 Å². The Hall–Kier alpha value is -2.36. The van der Waals surface area contributed by atoms with Gasteiger partial charge >= 0.3 is 6.03 Å². The van der Waals surface area contributed by atoms with E-state index in [4.69, 9.17) is 0 Å². The molecule has 0 saturated heterocycles. The van der Waals surface area contributed by atoms with E-state index in [0.29, 0.717) is 5.69 Å². The molecular weight excluding hydrogens is 274 g/mol. The quantitative estimate of drug-likeness (QED) is 0.904. The number of carbonyl (C=O) groups is 1. The summed E-state index contributed by atoms with van der Waals surface area (Å²) >= 11 is 0. The number of rotatable bonds is 3. The molecule has 0 spiro atoms. The van der Waals surface area contributed by atoms with Crippen LogP contribution in [0, 0.1) is 0 Å². The summed E-state index contributed by atoms with van der Waals surface area (Å²) < 4.78 is 0. The number of anilines is 1. The number of pyridine rings is 1. The first-order chi connectivity index (χ1) is 10.7. The van der Waals surface area contributed by atoms with Crippen molar-refractivity contribution in [2.45, 2.75) is 38.6 Å². The predicted molar refractivity (Wildman–Crippen MR) is 87.9 cm³/mol. The van der Waals surface area contributed by atoms with E-state index in [9.17, 15) is 4.79 Å². The maximum atomic E-state index is 12.0. The minimum atomic E-state index is -0.210. The first-order valence-electron chi connectivity index (χ1n) is 7.81. The molecule has 114 valence electrons. The fourth-order valence-corrected chi connectivity index (χ4v) is 2.91. The van der Waals surface area contributed by atoms with Gasteiger partial charge in [-0.2, -0.15) is 0 Å². The maximum absolute atomic E-state index is 12.0. The van der Waals surface area contributed by atoms with Crippen LogP contribution in [0.4, 0.5) is 10.5 Å². The number of hydrogen-bond donors (Lipinski definition) is 2. The van der Waals surface area contributed by atoms with Gasteiger partial charge in [0.15, 0.2) is 0 Å². The molecule has 0 fully saturated rings. The van der Waals surface area contributed by atoms with Crippen molar-refractivity contribution in [1.29, 1.82) is 0 Å². The summed E-state index contributed by atoms with van der Waals surface area (Å²) in [6.07, 6.45) is 8.19. The fraction of sp³-hybridized carbons (Fsp3) is 0.333. The Morgan fingerprint density at radius 2 is 2.00 bits per heavy atom. The van der Waals surface area contributed by atoms with E-state index in [1.807, 2.05) is 13.0 Å². The third-order valence-corrected chi connectivity index (χ3v) is 4.14. The van der Waals surface area contributed by atoms with Crippen LogP contribution in [0.25, 0.3) is 0 Å². The molecule has 1 aromatic heterocycles. The fourth-order valence-electron chi connectivity index (χ4n) is 2.91. The summed E-state index contributed by atoms with van der Waals surface area (Å²) in [4.78, 5) is 16.0. The predicted octanol–water partition coefficient (Wildman–Crippen LogP) is 3.84. The SMILES string of the molecule is CC(NC(=O)Nc1cccnc1)c1ccc2c(c1)CCCC2. The van der Waals surface area contributed by atoms with E-state index in [-0.39, 0.29) is 12.1 Å². The molecule has 1 atom stereocenters. The zero-order valence-electron chi connectivity index (χ0n) is 12.8. The number of fused-ring (bicyclic) bond motifs is 1. The molecule has 2 aromatic rings. The first kappa shape index (κ1) is 14.6. The second-order valence-corrected chi connectivity index (χ2v) is 5.80. The summed E-state index contributed by atoms with van der Waals surface area (Å²) in [5, 5.41) is 5.77. The van der Waals surface area contributed by atoms with Crippen LogP contribution in [0.3, 0.4) is 0 Å². The normalized spacial score (nSPS) is 14.8. The Morgan fingerprint density at radius 1 is 1.18 bits per heavy atom. The van der Waals surface area contributed by atoms with Crippen molar-refractivity contribution in [3.05, 3.63) is 59.4 Å². The average Bonchev–Trinajstić information content (AvgIpc) is 2.55. The van der Waals surface area contributed by atoms with Gasteiger partial charge in [-0.1, -0.05) is 18.2 Å². The molecule has 1 aliphatic rings. The minimum absolute atomic E-state index is 0.0242. The first-order valence-corrected chi connectivity index (χ1v) is 7.81. The number of amides is 2. The lowest BCUT2D eigenvalue weighted by Crippen LogP contribution is -2.31. The Kier molecular flexibility index (Phi) is 4.37. The van der Waals surface area contributed by atoms with Gasteiger partial charge in [0.05, 0.1) is 17.9 Å². The largest absolute Gasteiger partial charge is 0.331 e. The molecule has 0 bridgehead atoms. The molecule has 4 heteroatoms. The average molecular weight is 295 g/mol. The van der Waals surface area contributed by atoms with Gasteiger partial charge in [-0.15, -0.1) is 0 Å². The monoisotopic (exact) mass is 295 g/mol. The van der Waals surface area contributed by atoms with Crippen molar-refractivity contribution < 1.29 is 4.79 Å². The molecule has 22 heavy (non-hydrogen) atoms. The van der Waals surface area contributed by atoms with Crippen molar-refractivity contribution in [1.82, 2.24) is 10.3 Å². The second-order valence-electron chi connectivity index (χ2n) is 5.80. The number of urea groups is 1. The molecule has 0 aliphatic heterocycles. The lowest BCUT2D eigenvalue weighted by Gasteiger charge is -2.20. The van der Waals surface area contributed by atoms with Crippen LogP contribution in [0.2, 0.25) is 0 Å². The number of nitrogens with one attached hydrogen (secondary N) is 2. The van der Waals surface area contributed by atoms with Gasteiger partial charge in [-0.05, 0) is 61.4 Å². The smallest absolute Gasteiger partial charge is 0.319 e. The highest BCUT2D eigenvalue weighted by molar-refractivity contribution is 5.89. The van der Waals surface area contributed by atoms with Crippen LogP contribution in [-0.2, 0) is 12.8 Å². The molecule has 2 amide bonds. The van der Waals surface area contributed by atoms with Crippen molar-refractivity contribution in [3.8, 4) is 0 Å². The third kappa shape index (κ3) is 3.45. The van der Waals surface area contributed by atoms with Crippen LogP contribution in [0.5, 0.6) is 0 Å². The van der Waals surface area contributed by atoms with Crippen LogP contribution in [0.1, 0.15) is 42.5 Å². The van der Waals surface area contributed by atoms with E-state index in [2.05, 4.69) is 33.8 Å². The van der Waals surface area contributed by atoms with Gasteiger partial charge in [0.2, 0.25) is 0 Å². The van der Waals surface area contributed by atoms with Gasteiger partial charge in [0, 0.05) is 6.20 Å². The number of carbonyl (C=O) groups excluding carboxylic acids is 1. The highest BCUT2D eigenvalue weighted by Crippen LogP contribution is 2.24.